The lowest BCUT2D eigenvalue weighted by Gasteiger charge is -2.30. The summed E-state index contributed by atoms with van der Waals surface area (Å²) in [7, 11) is 1.86. The number of hydrogen-bond acceptors (Lipinski definition) is 5. The molecule has 2 unspecified atom stereocenters. The Morgan fingerprint density at radius 1 is 1.31 bits per heavy atom. The molecule has 1 amide bonds. The Morgan fingerprint density at radius 3 is 2.72 bits per heavy atom. The van der Waals surface area contributed by atoms with E-state index < -0.39 is 11.8 Å². The van der Waals surface area contributed by atoms with Crippen molar-refractivity contribution in [2.24, 2.45) is 4.99 Å². The minimum Gasteiger partial charge on any atom is -0.344 e. The fraction of sp³-hybridized carbons (Fsp3) is 0.190. The normalized spacial score (nSPS) is 22.2. The first-order valence-corrected chi connectivity index (χ1v) is 9.65. The average Bonchev–Trinajstić information content (AvgIpc) is 2.98. The second-order valence-corrected chi connectivity index (χ2v) is 7.91. The third-order valence-corrected chi connectivity index (χ3v) is 5.61. The quantitative estimate of drug-likeness (QED) is 0.740. The largest absolute Gasteiger partial charge is 0.344 e. The molecule has 2 aromatic carbocycles. The molecule has 0 aliphatic carbocycles. The maximum absolute atomic E-state index is 13.0. The lowest BCUT2D eigenvalue weighted by atomic mass is 9.92. The topological polar surface area (TPSA) is 80.5 Å². The van der Waals surface area contributed by atoms with E-state index in [2.05, 4.69) is 15.6 Å². The molecule has 0 saturated heterocycles. The van der Waals surface area contributed by atoms with E-state index in [0.717, 1.165) is 10.9 Å². The predicted octanol–water partition coefficient (Wildman–Crippen LogP) is 2.82. The number of allylic oxidation sites excluding steroid dienone is 1. The molecule has 2 aliphatic heterocycles. The van der Waals surface area contributed by atoms with Gasteiger partial charge in [0.25, 0.3) is 5.91 Å². The van der Waals surface area contributed by atoms with Crippen LogP contribution in [0.4, 0.5) is 11.4 Å². The molecule has 2 aromatic rings. The number of para-hydroxylation sites is 1. The molecule has 0 bridgehead atoms. The van der Waals surface area contributed by atoms with Crippen molar-refractivity contribution in [1.29, 1.82) is 5.26 Å². The van der Waals surface area contributed by atoms with Gasteiger partial charge in [0.15, 0.2) is 6.29 Å². The number of benzene rings is 2. The summed E-state index contributed by atoms with van der Waals surface area (Å²) in [5, 5.41) is 17.5. The van der Waals surface area contributed by atoms with E-state index in [9.17, 15) is 4.79 Å². The van der Waals surface area contributed by atoms with Gasteiger partial charge in [-0.3, -0.25) is 4.79 Å². The summed E-state index contributed by atoms with van der Waals surface area (Å²) in [5.41, 5.74) is 1.13. The third kappa shape index (κ3) is 3.33. The SMILES string of the molecule is CN1c2c3c(ccc2=NC1Nc1c(Cl)cccc1Cl)=CC(C)(C=CC#N)NC3=O. The van der Waals surface area contributed by atoms with E-state index in [0.29, 0.717) is 26.7 Å². The highest BCUT2D eigenvalue weighted by Gasteiger charge is 2.33. The molecule has 2 N–H and O–H groups in total. The molecule has 0 radical (unpaired) electrons. The van der Waals surface area contributed by atoms with Crippen LogP contribution in [0.15, 0.2) is 47.5 Å². The maximum atomic E-state index is 13.0. The summed E-state index contributed by atoms with van der Waals surface area (Å²) in [6.45, 7) is 1.84. The molecule has 8 heteroatoms. The molecule has 146 valence electrons. The number of nitriles is 1. The van der Waals surface area contributed by atoms with Crippen LogP contribution in [0.5, 0.6) is 0 Å². The number of halogens is 2. The van der Waals surface area contributed by atoms with Crippen LogP contribution in [0.25, 0.3) is 6.08 Å². The number of nitrogens with one attached hydrogen (secondary N) is 2. The Morgan fingerprint density at radius 2 is 2.03 bits per heavy atom. The van der Waals surface area contributed by atoms with Gasteiger partial charge in [-0.15, -0.1) is 0 Å². The summed E-state index contributed by atoms with van der Waals surface area (Å²) < 4.78 is 0. The zero-order valence-corrected chi connectivity index (χ0v) is 17.2. The summed E-state index contributed by atoms with van der Waals surface area (Å²) in [4.78, 5) is 19.5. The Bertz CT molecular complexity index is 1200. The minimum atomic E-state index is -0.731. The van der Waals surface area contributed by atoms with Crippen molar-refractivity contribution in [2.75, 3.05) is 17.3 Å². The molecule has 6 nitrogen and oxygen atoms in total. The first kappa shape index (κ1) is 19.3. The van der Waals surface area contributed by atoms with E-state index in [1.54, 1.807) is 24.3 Å². The predicted molar refractivity (Wildman–Crippen MR) is 115 cm³/mol. The number of carbonyl (C=O) groups is 1. The number of hydrogen-bond donors (Lipinski definition) is 2. The highest BCUT2D eigenvalue weighted by atomic mass is 35.5. The second kappa shape index (κ2) is 7.11. The van der Waals surface area contributed by atoms with Crippen molar-refractivity contribution in [3.63, 3.8) is 0 Å². The number of carbonyl (C=O) groups excluding carboxylic acids is 1. The van der Waals surface area contributed by atoms with Gasteiger partial charge in [0.2, 0.25) is 0 Å². The molecule has 2 atom stereocenters. The van der Waals surface area contributed by atoms with Crippen LogP contribution in [0.2, 0.25) is 10.0 Å². The number of anilines is 2. The highest BCUT2D eigenvalue weighted by Crippen LogP contribution is 2.32. The Hall–Kier alpha value is -3.01. The maximum Gasteiger partial charge on any atom is 0.254 e. The van der Waals surface area contributed by atoms with Crippen molar-refractivity contribution < 1.29 is 4.79 Å². The number of rotatable bonds is 3. The first-order chi connectivity index (χ1) is 13.8. The monoisotopic (exact) mass is 425 g/mol. The van der Waals surface area contributed by atoms with Crippen LogP contribution in [0.1, 0.15) is 17.3 Å². The summed E-state index contributed by atoms with van der Waals surface area (Å²) >= 11 is 12.5. The van der Waals surface area contributed by atoms with Gasteiger partial charge >= 0.3 is 0 Å². The van der Waals surface area contributed by atoms with Crippen molar-refractivity contribution in [3.8, 4) is 6.07 Å². The zero-order chi connectivity index (χ0) is 20.8. The van der Waals surface area contributed by atoms with Crippen molar-refractivity contribution in [2.45, 2.75) is 18.8 Å². The molecule has 0 spiro atoms. The van der Waals surface area contributed by atoms with Gasteiger partial charge in [0, 0.05) is 13.1 Å². The van der Waals surface area contributed by atoms with Crippen molar-refractivity contribution >= 4 is 46.6 Å². The Balaban J connectivity index is 1.77. The van der Waals surface area contributed by atoms with Crippen molar-refractivity contribution in [1.82, 2.24) is 5.32 Å². The van der Waals surface area contributed by atoms with Gasteiger partial charge < -0.3 is 15.5 Å². The average molecular weight is 426 g/mol. The number of amides is 1. The Labute approximate surface area is 177 Å². The van der Waals surface area contributed by atoms with Crippen LogP contribution in [-0.2, 0) is 0 Å². The lowest BCUT2D eigenvalue weighted by molar-refractivity contribution is 0.0932. The van der Waals surface area contributed by atoms with Gasteiger partial charge in [0.05, 0.1) is 43.9 Å². The molecular formula is C21H17Cl2N5O. The number of fused-ring (bicyclic) bond motifs is 3. The van der Waals surface area contributed by atoms with Crippen LogP contribution in [-0.4, -0.2) is 24.8 Å². The summed E-state index contributed by atoms with van der Waals surface area (Å²) in [6.07, 6.45) is 4.49. The Kier molecular flexibility index (Phi) is 4.73. The fourth-order valence-corrected chi connectivity index (χ4v) is 4.12. The van der Waals surface area contributed by atoms with Crippen LogP contribution >= 0.6 is 23.2 Å². The van der Waals surface area contributed by atoms with Crippen LogP contribution in [0.3, 0.4) is 0 Å². The van der Waals surface area contributed by atoms with E-state index in [4.69, 9.17) is 28.5 Å². The van der Waals surface area contributed by atoms with Gasteiger partial charge in [-0.05, 0) is 42.5 Å². The molecule has 0 aromatic heterocycles. The van der Waals surface area contributed by atoms with E-state index in [-0.39, 0.29) is 5.91 Å². The molecule has 2 heterocycles. The smallest absolute Gasteiger partial charge is 0.254 e. The van der Waals surface area contributed by atoms with Gasteiger partial charge in [-0.2, -0.15) is 5.26 Å². The molecule has 29 heavy (non-hydrogen) atoms. The zero-order valence-electron chi connectivity index (χ0n) is 15.7. The summed E-state index contributed by atoms with van der Waals surface area (Å²) in [5.74, 6) is -0.220. The minimum absolute atomic E-state index is 0.220. The van der Waals surface area contributed by atoms with Crippen LogP contribution in [0, 0.1) is 11.3 Å². The van der Waals surface area contributed by atoms with Crippen molar-refractivity contribution in [3.05, 3.63) is 68.7 Å². The molecule has 2 aliphatic rings. The van der Waals surface area contributed by atoms with Gasteiger partial charge in [-0.25, -0.2) is 4.99 Å². The van der Waals surface area contributed by atoms with E-state index >= 15 is 0 Å². The van der Waals surface area contributed by atoms with E-state index in [1.165, 1.54) is 6.08 Å². The second-order valence-electron chi connectivity index (χ2n) is 7.10. The summed E-state index contributed by atoms with van der Waals surface area (Å²) in [6, 6.07) is 11.0. The van der Waals surface area contributed by atoms with Crippen LogP contribution < -0.4 is 26.1 Å². The lowest BCUT2D eigenvalue weighted by Crippen LogP contribution is -2.50. The number of nitrogens with zero attached hydrogens (tertiary/aromatic N) is 3. The van der Waals surface area contributed by atoms with Gasteiger partial charge in [-0.1, -0.05) is 35.3 Å². The fourth-order valence-electron chi connectivity index (χ4n) is 3.62. The van der Waals surface area contributed by atoms with E-state index in [1.807, 2.05) is 43.1 Å². The first-order valence-electron chi connectivity index (χ1n) is 8.90. The molecule has 0 saturated carbocycles. The third-order valence-electron chi connectivity index (χ3n) is 4.98. The van der Waals surface area contributed by atoms with Gasteiger partial charge in [0.1, 0.15) is 0 Å². The molecule has 0 fully saturated rings. The highest BCUT2D eigenvalue weighted by molar-refractivity contribution is 6.39. The molecule has 4 rings (SSSR count). The molecular weight excluding hydrogens is 409 g/mol. The standard InChI is InChI=1S/C21H17Cl2N5O/c1-21(9-4-10-24)11-12-7-8-15-18(16(12)19(29)27-21)28(2)20(25-15)26-17-13(22)5-3-6-14(17)23/h3-9,11,20,26H,1-2H3,(H,27,29).